The van der Waals surface area contributed by atoms with Crippen molar-refractivity contribution < 1.29 is 4.79 Å². The molecule has 3 unspecified atom stereocenters. The van der Waals surface area contributed by atoms with Crippen LogP contribution >= 0.6 is 18.5 Å². The van der Waals surface area contributed by atoms with Gasteiger partial charge in [-0.05, 0) is 18.8 Å². The van der Waals surface area contributed by atoms with Crippen molar-refractivity contribution in [1.29, 1.82) is 0 Å². The molecule has 0 fully saturated rings. The summed E-state index contributed by atoms with van der Waals surface area (Å²) < 4.78 is 0. The van der Waals surface area contributed by atoms with E-state index in [2.05, 4.69) is 42.5 Å². The van der Waals surface area contributed by atoms with Crippen molar-refractivity contribution in [1.82, 2.24) is 10.2 Å². The van der Waals surface area contributed by atoms with Crippen LogP contribution in [0.1, 0.15) is 33.1 Å². The molecule has 0 spiro atoms. The van der Waals surface area contributed by atoms with Gasteiger partial charge < -0.3 is 5.32 Å². The lowest BCUT2D eigenvalue weighted by molar-refractivity contribution is -0.121. The molecule has 96 valence electrons. The van der Waals surface area contributed by atoms with E-state index in [9.17, 15) is 4.79 Å². The van der Waals surface area contributed by atoms with Crippen LogP contribution in [0.4, 0.5) is 0 Å². The minimum absolute atomic E-state index is 0.133. The number of hydrogen-bond donors (Lipinski definition) is 1. The normalized spacial score (nSPS) is 12.8. The van der Waals surface area contributed by atoms with Gasteiger partial charge in [-0.15, -0.1) is 18.5 Å². The smallest absolute Gasteiger partial charge is 0.234 e. The second-order valence-electron chi connectivity index (χ2n) is 4.20. The summed E-state index contributed by atoms with van der Waals surface area (Å²) in [5.41, 5.74) is 0. The molecule has 0 aliphatic carbocycles. The van der Waals surface area contributed by atoms with E-state index < -0.39 is 0 Å². The van der Waals surface area contributed by atoms with E-state index in [1.54, 1.807) is 0 Å². The summed E-state index contributed by atoms with van der Waals surface area (Å²) in [6.07, 6.45) is 5.19. The fraction of sp³-hybridized carbons (Fsp3) is 0.909. The van der Waals surface area contributed by atoms with E-state index in [4.69, 9.17) is 0 Å². The third-order valence-corrected chi connectivity index (χ3v) is 3.81. The lowest BCUT2D eigenvalue weighted by Gasteiger charge is -2.17. The summed E-state index contributed by atoms with van der Waals surface area (Å²) >= 11 is 0. The molecule has 0 aromatic heterocycles. The number of carbonyl (C=O) groups is 1. The molecular weight excluding hydrogens is 238 g/mol. The van der Waals surface area contributed by atoms with Crippen LogP contribution in [0.25, 0.3) is 0 Å². The summed E-state index contributed by atoms with van der Waals surface area (Å²) in [5, 5.41) is 2.96. The van der Waals surface area contributed by atoms with Gasteiger partial charge in [-0.25, -0.2) is 0 Å². The highest BCUT2D eigenvalue weighted by Gasteiger charge is 2.06. The second-order valence-corrected chi connectivity index (χ2v) is 4.93. The Morgan fingerprint density at radius 3 is 2.50 bits per heavy atom. The molecule has 0 aliphatic heterocycles. The van der Waals surface area contributed by atoms with Gasteiger partial charge in [0.05, 0.1) is 6.54 Å². The van der Waals surface area contributed by atoms with E-state index in [-0.39, 0.29) is 5.91 Å². The number of rotatable bonds is 9. The highest BCUT2D eigenvalue weighted by atomic mass is 31.0. The van der Waals surface area contributed by atoms with Crippen LogP contribution < -0.4 is 5.32 Å². The topological polar surface area (TPSA) is 32.3 Å². The molecule has 1 N–H and O–H groups in total. The molecule has 0 aromatic carbocycles. The molecule has 0 saturated carbocycles. The van der Waals surface area contributed by atoms with Gasteiger partial charge in [0.15, 0.2) is 0 Å². The first-order valence-corrected chi connectivity index (χ1v) is 7.66. The minimum atomic E-state index is 0.133. The lowest BCUT2D eigenvalue weighted by Crippen LogP contribution is -2.36. The maximum absolute atomic E-state index is 11.5. The summed E-state index contributed by atoms with van der Waals surface area (Å²) in [7, 11) is 5.28. The molecule has 3 nitrogen and oxygen atoms in total. The molecule has 0 radical (unpaired) electrons. The van der Waals surface area contributed by atoms with E-state index in [1.165, 1.54) is 12.8 Å². The standard InChI is InChI=1S/C11H26N2OP2/c1-3-10(2)5-4-6-12-11(14)7-13(8-15)9-16/h10H,3-9,15-16H2,1-2H3,(H,12,14). The van der Waals surface area contributed by atoms with E-state index >= 15 is 0 Å². The molecule has 5 heteroatoms. The summed E-state index contributed by atoms with van der Waals surface area (Å²) in [6.45, 7) is 5.77. The Kier molecular flexibility index (Phi) is 10.6. The SMILES string of the molecule is CCC(C)CCCNC(=O)CN(CP)CP. The fourth-order valence-corrected chi connectivity index (χ4v) is 2.20. The van der Waals surface area contributed by atoms with Gasteiger partial charge >= 0.3 is 0 Å². The second kappa shape index (κ2) is 10.4. The van der Waals surface area contributed by atoms with Crippen molar-refractivity contribution in [2.24, 2.45) is 5.92 Å². The molecule has 0 heterocycles. The molecular formula is C11H26N2OP2. The highest BCUT2D eigenvalue weighted by Crippen LogP contribution is 2.08. The number of amides is 1. The van der Waals surface area contributed by atoms with Crippen LogP contribution in [0.3, 0.4) is 0 Å². The number of nitrogens with one attached hydrogen (secondary N) is 1. The summed E-state index contributed by atoms with van der Waals surface area (Å²) in [5.74, 6) is 0.904. The zero-order chi connectivity index (χ0) is 12.4. The molecule has 16 heavy (non-hydrogen) atoms. The number of carbonyl (C=O) groups excluding carboxylic acids is 1. The van der Waals surface area contributed by atoms with Crippen LogP contribution in [0.5, 0.6) is 0 Å². The average Bonchev–Trinajstić information content (AvgIpc) is 2.31. The Bertz CT molecular complexity index is 187. The number of hydrogen-bond acceptors (Lipinski definition) is 2. The third kappa shape index (κ3) is 8.44. The molecule has 0 rings (SSSR count). The van der Waals surface area contributed by atoms with Gasteiger partial charge in [0.2, 0.25) is 5.91 Å². The van der Waals surface area contributed by atoms with Crippen molar-refractivity contribution in [2.75, 3.05) is 25.7 Å². The van der Waals surface area contributed by atoms with Gasteiger partial charge in [0.25, 0.3) is 0 Å². The third-order valence-electron chi connectivity index (χ3n) is 2.78. The van der Waals surface area contributed by atoms with Gasteiger partial charge in [0.1, 0.15) is 0 Å². The first-order valence-electron chi connectivity index (χ1n) is 6.03. The first kappa shape index (κ1) is 16.3. The Morgan fingerprint density at radius 1 is 1.38 bits per heavy atom. The summed E-state index contributed by atoms with van der Waals surface area (Å²) in [6, 6.07) is 0. The maximum Gasteiger partial charge on any atom is 0.234 e. The molecule has 1 amide bonds. The van der Waals surface area contributed by atoms with Gasteiger partial charge in [0, 0.05) is 19.1 Å². The van der Waals surface area contributed by atoms with E-state index in [1.807, 2.05) is 0 Å². The first-order chi connectivity index (χ1) is 7.63. The average molecular weight is 264 g/mol. The summed E-state index contributed by atoms with van der Waals surface area (Å²) in [4.78, 5) is 13.6. The number of nitrogens with zero attached hydrogens (tertiary/aromatic N) is 1. The van der Waals surface area contributed by atoms with Crippen molar-refractivity contribution in [2.45, 2.75) is 33.1 Å². The zero-order valence-corrected chi connectivity index (χ0v) is 12.8. The quantitative estimate of drug-likeness (QED) is 0.509. The van der Waals surface area contributed by atoms with Gasteiger partial charge in [-0.1, -0.05) is 20.3 Å². The molecule has 0 aromatic rings. The maximum atomic E-state index is 11.5. The monoisotopic (exact) mass is 264 g/mol. The largest absolute Gasteiger partial charge is 0.355 e. The Balaban J connectivity index is 3.50. The van der Waals surface area contributed by atoms with Crippen LogP contribution in [-0.4, -0.2) is 36.5 Å². The van der Waals surface area contributed by atoms with Crippen LogP contribution in [0, 0.1) is 5.92 Å². The van der Waals surface area contributed by atoms with Crippen LogP contribution in [0.15, 0.2) is 0 Å². The zero-order valence-electron chi connectivity index (χ0n) is 10.5. The Hall–Kier alpha value is 0.290. The van der Waals surface area contributed by atoms with E-state index in [0.29, 0.717) is 6.54 Å². The highest BCUT2D eigenvalue weighted by molar-refractivity contribution is 7.17. The fourth-order valence-electron chi connectivity index (χ4n) is 1.35. The van der Waals surface area contributed by atoms with E-state index in [0.717, 1.165) is 31.5 Å². The van der Waals surface area contributed by atoms with Crippen LogP contribution in [-0.2, 0) is 4.79 Å². The molecule has 0 saturated heterocycles. The van der Waals surface area contributed by atoms with Crippen LogP contribution in [0.2, 0.25) is 0 Å². The minimum Gasteiger partial charge on any atom is -0.355 e. The predicted octanol–water partition coefficient (Wildman–Crippen LogP) is 1.90. The van der Waals surface area contributed by atoms with Gasteiger partial charge in [-0.3, -0.25) is 9.69 Å². The Morgan fingerprint density at radius 2 is 2.00 bits per heavy atom. The molecule has 0 aliphatic rings. The van der Waals surface area contributed by atoms with Crippen molar-refractivity contribution in [3.05, 3.63) is 0 Å². The van der Waals surface area contributed by atoms with Crippen molar-refractivity contribution >= 4 is 24.4 Å². The molecule has 0 bridgehead atoms. The molecule has 3 atom stereocenters. The van der Waals surface area contributed by atoms with Gasteiger partial charge in [-0.2, -0.15) is 0 Å². The van der Waals surface area contributed by atoms with Crippen molar-refractivity contribution in [3.63, 3.8) is 0 Å². The predicted molar refractivity (Wildman–Crippen MR) is 77.6 cm³/mol. The Labute approximate surface area is 105 Å². The lowest BCUT2D eigenvalue weighted by atomic mass is 10.0. The van der Waals surface area contributed by atoms with Crippen molar-refractivity contribution in [3.8, 4) is 0 Å².